The van der Waals surface area contributed by atoms with E-state index in [1.54, 1.807) is 12.1 Å². The van der Waals surface area contributed by atoms with Crippen molar-refractivity contribution >= 4 is 5.97 Å². The van der Waals surface area contributed by atoms with Crippen molar-refractivity contribution in [2.75, 3.05) is 20.7 Å². The molecular weight excluding hydrogens is 277 g/mol. The predicted octanol–water partition coefficient (Wildman–Crippen LogP) is 1.87. The van der Waals surface area contributed by atoms with Crippen molar-refractivity contribution in [2.24, 2.45) is 0 Å². The third kappa shape index (κ3) is 4.35. The van der Waals surface area contributed by atoms with Gasteiger partial charge in [-0.25, -0.2) is 4.39 Å². The van der Waals surface area contributed by atoms with Gasteiger partial charge in [0, 0.05) is 12.1 Å². The van der Waals surface area contributed by atoms with E-state index >= 15 is 0 Å². The van der Waals surface area contributed by atoms with E-state index in [4.69, 9.17) is 4.52 Å². The maximum absolute atomic E-state index is 12.9. The fraction of sp³-hybridized carbons (Fsp3) is 0.357. The summed E-state index contributed by atoms with van der Waals surface area (Å²) < 4.78 is 22.6. The van der Waals surface area contributed by atoms with Gasteiger partial charge in [-0.05, 0) is 31.3 Å². The molecule has 0 N–H and O–H groups in total. The Kier molecular flexibility index (Phi) is 4.99. The lowest BCUT2D eigenvalue weighted by Gasteiger charge is -2.12. The fourth-order valence-electron chi connectivity index (χ4n) is 1.73. The molecule has 0 fully saturated rings. The van der Waals surface area contributed by atoms with Crippen LogP contribution in [0.15, 0.2) is 28.8 Å². The van der Waals surface area contributed by atoms with E-state index in [-0.39, 0.29) is 11.8 Å². The van der Waals surface area contributed by atoms with E-state index in [0.29, 0.717) is 36.8 Å². The molecule has 7 heteroatoms. The first-order valence-electron chi connectivity index (χ1n) is 6.42. The highest BCUT2D eigenvalue weighted by Crippen LogP contribution is 2.16. The number of halogens is 1. The lowest BCUT2D eigenvalue weighted by atomic mass is 10.2. The number of esters is 1. The molecule has 2 rings (SSSR count). The van der Waals surface area contributed by atoms with Gasteiger partial charge in [-0.1, -0.05) is 5.16 Å². The van der Waals surface area contributed by atoms with Gasteiger partial charge in [0.1, 0.15) is 5.82 Å². The summed E-state index contributed by atoms with van der Waals surface area (Å²) in [5, 5.41) is 3.85. The van der Waals surface area contributed by atoms with Crippen LogP contribution >= 0.6 is 0 Å². The largest absolute Gasteiger partial charge is 0.469 e. The van der Waals surface area contributed by atoms with Crippen LogP contribution in [0.3, 0.4) is 0 Å². The molecule has 2 aromatic rings. The van der Waals surface area contributed by atoms with E-state index in [0.717, 1.165) is 0 Å². The van der Waals surface area contributed by atoms with Crippen molar-refractivity contribution in [3.8, 4) is 11.4 Å². The molecule has 0 saturated carbocycles. The van der Waals surface area contributed by atoms with Crippen LogP contribution in [0.2, 0.25) is 0 Å². The third-order valence-corrected chi connectivity index (χ3v) is 2.90. The molecule has 1 aromatic carbocycles. The van der Waals surface area contributed by atoms with Gasteiger partial charge in [-0.2, -0.15) is 4.98 Å². The zero-order chi connectivity index (χ0) is 15.2. The van der Waals surface area contributed by atoms with Gasteiger partial charge >= 0.3 is 5.97 Å². The summed E-state index contributed by atoms with van der Waals surface area (Å²) in [7, 11) is 3.19. The minimum absolute atomic E-state index is 0.264. The topological polar surface area (TPSA) is 68.5 Å². The van der Waals surface area contributed by atoms with Crippen LogP contribution in [-0.2, 0) is 16.1 Å². The number of hydrogen-bond donors (Lipinski definition) is 0. The number of methoxy groups -OCH3 is 1. The summed E-state index contributed by atoms with van der Waals surface area (Å²) >= 11 is 0. The van der Waals surface area contributed by atoms with E-state index in [1.165, 1.54) is 19.2 Å². The summed E-state index contributed by atoms with van der Waals surface area (Å²) in [6, 6.07) is 5.86. The van der Waals surface area contributed by atoms with E-state index in [9.17, 15) is 9.18 Å². The molecule has 0 saturated heterocycles. The molecule has 0 bridgehead atoms. The predicted molar refractivity (Wildman–Crippen MR) is 72.7 cm³/mol. The molecule has 0 radical (unpaired) electrons. The van der Waals surface area contributed by atoms with Gasteiger partial charge in [0.25, 0.3) is 0 Å². The molecule has 0 aliphatic carbocycles. The van der Waals surface area contributed by atoms with Crippen molar-refractivity contribution in [3.63, 3.8) is 0 Å². The van der Waals surface area contributed by atoms with Crippen LogP contribution in [0.4, 0.5) is 4.39 Å². The van der Waals surface area contributed by atoms with Crippen LogP contribution in [0.5, 0.6) is 0 Å². The van der Waals surface area contributed by atoms with Gasteiger partial charge in [0.15, 0.2) is 0 Å². The van der Waals surface area contributed by atoms with Gasteiger partial charge in [-0.3, -0.25) is 9.69 Å². The average molecular weight is 293 g/mol. The Morgan fingerprint density at radius 2 is 2.10 bits per heavy atom. The van der Waals surface area contributed by atoms with Crippen molar-refractivity contribution in [2.45, 2.75) is 13.0 Å². The number of benzene rings is 1. The molecule has 112 valence electrons. The minimum Gasteiger partial charge on any atom is -0.469 e. The maximum atomic E-state index is 12.9. The highest BCUT2D eigenvalue weighted by molar-refractivity contribution is 5.69. The quantitative estimate of drug-likeness (QED) is 0.757. The van der Waals surface area contributed by atoms with Crippen LogP contribution in [0.25, 0.3) is 11.4 Å². The summed E-state index contributed by atoms with van der Waals surface area (Å²) in [5.74, 6) is 0.262. The average Bonchev–Trinajstić information content (AvgIpc) is 2.94. The minimum atomic E-state index is -0.315. The second-order valence-electron chi connectivity index (χ2n) is 4.58. The van der Waals surface area contributed by atoms with E-state index in [2.05, 4.69) is 14.9 Å². The number of aromatic nitrogens is 2. The van der Waals surface area contributed by atoms with E-state index < -0.39 is 0 Å². The number of hydrogen-bond acceptors (Lipinski definition) is 6. The molecular formula is C14H16FN3O3. The first kappa shape index (κ1) is 15.1. The standard InChI is InChI=1S/C14H16FN3O3/c1-18(8-7-13(19)20-2)9-12-16-14(17-21-12)10-3-5-11(15)6-4-10/h3-6H,7-9H2,1-2H3. The Balaban J connectivity index is 1.93. The number of nitrogens with zero attached hydrogens (tertiary/aromatic N) is 3. The van der Waals surface area contributed by atoms with Gasteiger partial charge in [-0.15, -0.1) is 0 Å². The molecule has 0 aliphatic rings. The van der Waals surface area contributed by atoms with Crippen LogP contribution in [0, 0.1) is 5.82 Å². The Morgan fingerprint density at radius 1 is 1.38 bits per heavy atom. The highest BCUT2D eigenvalue weighted by atomic mass is 19.1. The lowest BCUT2D eigenvalue weighted by Crippen LogP contribution is -2.22. The summed E-state index contributed by atoms with van der Waals surface area (Å²) in [5.41, 5.74) is 0.684. The summed E-state index contributed by atoms with van der Waals surface area (Å²) in [4.78, 5) is 17.2. The lowest BCUT2D eigenvalue weighted by molar-refractivity contribution is -0.140. The summed E-state index contributed by atoms with van der Waals surface area (Å²) in [6.45, 7) is 0.951. The number of carbonyl (C=O) groups excluding carboxylic acids is 1. The zero-order valence-corrected chi connectivity index (χ0v) is 11.9. The monoisotopic (exact) mass is 293 g/mol. The number of carbonyl (C=O) groups is 1. The van der Waals surface area contributed by atoms with Crippen molar-refractivity contribution in [1.82, 2.24) is 15.0 Å². The van der Waals surface area contributed by atoms with Crippen molar-refractivity contribution < 1.29 is 18.4 Å². The normalized spacial score (nSPS) is 10.9. The third-order valence-electron chi connectivity index (χ3n) is 2.90. The Bertz CT molecular complexity index is 598. The van der Waals surface area contributed by atoms with Crippen molar-refractivity contribution in [3.05, 3.63) is 36.0 Å². The van der Waals surface area contributed by atoms with Gasteiger partial charge in [0.2, 0.25) is 11.7 Å². The molecule has 1 aromatic heterocycles. The molecule has 0 spiro atoms. The van der Waals surface area contributed by atoms with Gasteiger partial charge < -0.3 is 9.26 Å². The Labute approximate surface area is 121 Å². The zero-order valence-electron chi connectivity index (χ0n) is 11.9. The van der Waals surface area contributed by atoms with Gasteiger partial charge in [0.05, 0.1) is 20.1 Å². The number of rotatable bonds is 6. The second-order valence-corrected chi connectivity index (χ2v) is 4.58. The molecule has 21 heavy (non-hydrogen) atoms. The molecule has 6 nitrogen and oxygen atoms in total. The molecule has 0 atom stereocenters. The molecule has 1 heterocycles. The molecule has 0 aliphatic heterocycles. The van der Waals surface area contributed by atoms with Crippen LogP contribution in [-0.4, -0.2) is 41.7 Å². The van der Waals surface area contributed by atoms with Crippen LogP contribution in [0.1, 0.15) is 12.3 Å². The van der Waals surface area contributed by atoms with E-state index in [1.807, 2.05) is 11.9 Å². The Morgan fingerprint density at radius 3 is 2.76 bits per heavy atom. The molecule has 0 amide bonds. The smallest absolute Gasteiger partial charge is 0.306 e. The highest BCUT2D eigenvalue weighted by Gasteiger charge is 2.12. The fourth-order valence-corrected chi connectivity index (χ4v) is 1.73. The Hall–Kier alpha value is -2.28. The maximum Gasteiger partial charge on any atom is 0.306 e. The summed E-state index contributed by atoms with van der Waals surface area (Å²) in [6.07, 6.45) is 0.298. The van der Waals surface area contributed by atoms with Crippen LogP contribution < -0.4 is 0 Å². The number of ether oxygens (including phenoxy) is 1. The SMILES string of the molecule is COC(=O)CCN(C)Cc1nc(-c2ccc(F)cc2)no1. The van der Waals surface area contributed by atoms with Crippen molar-refractivity contribution in [1.29, 1.82) is 0 Å². The first-order valence-corrected chi connectivity index (χ1v) is 6.42. The first-order chi connectivity index (χ1) is 10.1. The second kappa shape index (κ2) is 6.94. The molecule has 0 unspecified atom stereocenters.